The van der Waals surface area contributed by atoms with Crippen LogP contribution in [-0.4, -0.2) is 35.7 Å². The molecule has 6 nitrogen and oxygen atoms in total. The molecule has 0 bridgehead atoms. The Balaban J connectivity index is 2.88. The molecule has 1 amide bonds. The van der Waals surface area contributed by atoms with Gasteiger partial charge >= 0.3 is 0 Å². The van der Waals surface area contributed by atoms with E-state index in [1.54, 1.807) is 7.05 Å². The SMILES string of the molecule is CNC(=O)CNc1ncnc(SC)c1C#N. The highest BCUT2D eigenvalue weighted by Gasteiger charge is 2.10. The second-order valence-electron chi connectivity index (χ2n) is 2.75. The van der Waals surface area contributed by atoms with Crippen molar-refractivity contribution in [1.82, 2.24) is 15.3 Å². The Hall–Kier alpha value is -1.81. The maximum Gasteiger partial charge on any atom is 0.239 e. The molecule has 0 saturated carbocycles. The summed E-state index contributed by atoms with van der Waals surface area (Å²) in [5, 5.41) is 14.8. The Morgan fingerprint density at radius 1 is 1.62 bits per heavy atom. The van der Waals surface area contributed by atoms with Gasteiger partial charge in [-0.25, -0.2) is 9.97 Å². The van der Waals surface area contributed by atoms with Crippen molar-refractivity contribution in [3.8, 4) is 6.07 Å². The minimum Gasteiger partial charge on any atom is -0.360 e. The molecule has 0 atom stereocenters. The molecule has 16 heavy (non-hydrogen) atoms. The molecule has 1 heterocycles. The Morgan fingerprint density at radius 2 is 2.38 bits per heavy atom. The van der Waals surface area contributed by atoms with Crippen molar-refractivity contribution in [2.45, 2.75) is 5.03 Å². The number of carbonyl (C=O) groups excluding carboxylic acids is 1. The van der Waals surface area contributed by atoms with E-state index in [0.717, 1.165) is 0 Å². The summed E-state index contributed by atoms with van der Waals surface area (Å²) in [4.78, 5) is 18.9. The lowest BCUT2D eigenvalue weighted by Crippen LogP contribution is -2.26. The van der Waals surface area contributed by atoms with E-state index in [4.69, 9.17) is 5.26 Å². The minimum atomic E-state index is -0.173. The molecule has 0 spiro atoms. The number of nitrogens with one attached hydrogen (secondary N) is 2. The third-order valence-corrected chi connectivity index (χ3v) is 2.51. The lowest BCUT2D eigenvalue weighted by Gasteiger charge is -2.07. The molecular formula is C9H11N5OS. The molecule has 0 aromatic carbocycles. The number of amides is 1. The van der Waals surface area contributed by atoms with Gasteiger partial charge in [-0.05, 0) is 6.26 Å². The summed E-state index contributed by atoms with van der Waals surface area (Å²) < 4.78 is 0. The molecule has 0 radical (unpaired) electrons. The van der Waals surface area contributed by atoms with Crippen molar-refractivity contribution in [1.29, 1.82) is 5.26 Å². The highest BCUT2D eigenvalue weighted by molar-refractivity contribution is 7.98. The second kappa shape index (κ2) is 5.92. The van der Waals surface area contributed by atoms with Gasteiger partial charge in [0, 0.05) is 7.05 Å². The molecule has 2 N–H and O–H groups in total. The first-order valence-electron chi connectivity index (χ1n) is 4.46. The Labute approximate surface area is 97.5 Å². The lowest BCUT2D eigenvalue weighted by molar-refractivity contribution is -0.118. The number of hydrogen-bond donors (Lipinski definition) is 2. The van der Waals surface area contributed by atoms with Gasteiger partial charge in [-0.15, -0.1) is 11.8 Å². The molecule has 0 aliphatic rings. The summed E-state index contributed by atoms with van der Waals surface area (Å²) in [6.07, 6.45) is 3.19. The maximum absolute atomic E-state index is 11.0. The number of rotatable bonds is 4. The molecule has 1 aromatic rings. The first kappa shape index (κ1) is 12.3. The van der Waals surface area contributed by atoms with Crippen molar-refractivity contribution >= 4 is 23.5 Å². The number of thioether (sulfide) groups is 1. The van der Waals surface area contributed by atoms with Crippen LogP contribution in [0.15, 0.2) is 11.4 Å². The van der Waals surface area contributed by atoms with E-state index >= 15 is 0 Å². The number of anilines is 1. The van der Waals surface area contributed by atoms with Gasteiger partial charge in [-0.3, -0.25) is 4.79 Å². The van der Waals surface area contributed by atoms with Crippen molar-refractivity contribution in [2.75, 3.05) is 25.2 Å². The molecular weight excluding hydrogens is 226 g/mol. The van der Waals surface area contributed by atoms with Crippen LogP contribution in [0.4, 0.5) is 5.82 Å². The number of aromatic nitrogens is 2. The van der Waals surface area contributed by atoms with Gasteiger partial charge in [0.2, 0.25) is 5.91 Å². The predicted octanol–water partition coefficient (Wildman–Crippen LogP) is 0.228. The molecule has 0 unspecified atom stereocenters. The largest absolute Gasteiger partial charge is 0.360 e. The van der Waals surface area contributed by atoms with Crippen molar-refractivity contribution in [2.24, 2.45) is 0 Å². The van der Waals surface area contributed by atoms with Crippen LogP contribution in [0.5, 0.6) is 0 Å². The molecule has 0 aliphatic heterocycles. The van der Waals surface area contributed by atoms with Crippen LogP contribution >= 0.6 is 11.8 Å². The topological polar surface area (TPSA) is 90.7 Å². The fraction of sp³-hybridized carbons (Fsp3) is 0.333. The highest BCUT2D eigenvalue weighted by Crippen LogP contribution is 2.21. The standard InChI is InChI=1S/C9H11N5OS/c1-11-7(15)4-12-8-6(3-10)9(16-2)14-5-13-8/h5H,4H2,1-2H3,(H,11,15)(H,12,13,14). The molecule has 0 aliphatic carbocycles. The average Bonchev–Trinajstić information content (AvgIpc) is 2.34. The van der Waals surface area contributed by atoms with Crippen LogP contribution in [-0.2, 0) is 4.79 Å². The number of nitrogens with zero attached hydrogens (tertiary/aromatic N) is 3. The second-order valence-corrected chi connectivity index (χ2v) is 3.54. The summed E-state index contributed by atoms with van der Waals surface area (Å²) in [7, 11) is 1.54. The molecule has 84 valence electrons. The van der Waals surface area contributed by atoms with Crippen LogP contribution in [0, 0.1) is 11.3 Å². The molecule has 7 heteroatoms. The summed E-state index contributed by atoms with van der Waals surface area (Å²) in [6, 6.07) is 2.02. The number of carbonyl (C=O) groups is 1. The normalized spacial score (nSPS) is 9.31. The Kier molecular flexibility index (Phi) is 4.54. The van der Waals surface area contributed by atoms with E-state index in [2.05, 4.69) is 20.6 Å². The average molecular weight is 237 g/mol. The monoisotopic (exact) mass is 237 g/mol. The number of likely N-dealkylation sites (N-methyl/N-ethyl adjacent to an activating group) is 1. The first-order valence-corrected chi connectivity index (χ1v) is 5.69. The zero-order valence-electron chi connectivity index (χ0n) is 8.94. The number of nitriles is 1. The molecule has 1 rings (SSSR count). The van der Waals surface area contributed by atoms with Gasteiger partial charge in [0.25, 0.3) is 0 Å². The minimum absolute atomic E-state index is 0.0794. The predicted molar refractivity (Wildman–Crippen MR) is 61.1 cm³/mol. The summed E-state index contributed by atoms with van der Waals surface area (Å²) in [6.45, 7) is 0.0794. The zero-order valence-corrected chi connectivity index (χ0v) is 9.76. The Bertz CT molecular complexity index is 428. The maximum atomic E-state index is 11.0. The van der Waals surface area contributed by atoms with Crippen molar-refractivity contribution in [3.05, 3.63) is 11.9 Å². The zero-order chi connectivity index (χ0) is 12.0. The van der Waals surface area contributed by atoms with E-state index < -0.39 is 0 Å². The smallest absolute Gasteiger partial charge is 0.239 e. The third kappa shape index (κ3) is 2.84. The van der Waals surface area contributed by atoms with E-state index in [1.807, 2.05) is 12.3 Å². The molecule has 0 fully saturated rings. The third-order valence-electron chi connectivity index (χ3n) is 1.81. The van der Waals surface area contributed by atoms with Crippen LogP contribution in [0.2, 0.25) is 0 Å². The molecule has 0 saturated heterocycles. The van der Waals surface area contributed by atoms with Gasteiger partial charge in [0.15, 0.2) is 0 Å². The quantitative estimate of drug-likeness (QED) is 0.575. The van der Waals surface area contributed by atoms with E-state index in [9.17, 15) is 4.79 Å². The van der Waals surface area contributed by atoms with E-state index in [0.29, 0.717) is 16.4 Å². The van der Waals surface area contributed by atoms with Gasteiger partial charge in [-0.1, -0.05) is 0 Å². The summed E-state index contributed by atoms with van der Waals surface area (Å²) >= 11 is 1.36. The summed E-state index contributed by atoms with van der Waals surface area (Å²) in [5.41, 5.74) is 0.360. The fourth-order valence-corrected chi connectivity index (χ4v) is 1.51. The lowest BCUT2D eigenvalue weighted by atomic mass is 10.3. The van der Waals surface area contributed by atoms with Crippen molar-refractivity contribution < 1.29 is 4.79 Å². The highest BCUT2D eigenvalue weighted by atomic mass is 32.2. The van der Waals surface area contributed by atoms with Gasteiger partial charge in [-0.2, -0.15) is 5.26 Å². The fourth-order valence-electron chi connectivity index (χ4n) is 1.01. The summed E-state index contributed by atoms with van der Waals surface area (Å²) in [5.74, 6) is 0.207. The van der Waals surface area contributed by atoms with Crippen LogP contribution in [0.3, 0.4) is 0 Å². The number of hydrogen-bond acceptors (Lipinski definition) is 6. The Morgan fingerprint density at radius 3 is 2.94 bits per heavy atom. The van der Waals surface area contributed by atoms with Crippen LogP contribution in [0.1, 0.15) is 5.56 Å². The van der Waals surface area contributed by atoms with Crippen LogP contribution < -0.4 is 10.6 Å². The van der Waals surface area contributed by atoms with Gasteiger partial charge in [0.05, 0.1) is 6.54 Å². The van der Waals surface area contributed by atoms with Crippen LogP contribution in [0.25, 0.3) is 0 Å². The van der Waals surface area contributed by atoms with E-state index in [-0.39, 0.29) is 12.5 Å². The first-order chi connectivity index (χ1) is 7.72. The van der Waals surface area contributed by atoms with Gasteiger partial charge in [0.1, 0.15) is 28.8 Å². The van der Waals surface area contributed by atoms with E-state index in [1.165, 1.54) is 18.1 Å². The molecule has 1 aromatic heterocycles. The van der Waals surface area contributed by atoms with Crippen molar-refractivity contribution in [3.63, 3.8) is 0 Å². The van der Waals surface area contributed by atoms with Gasteiger partial charge < -0.3 is 10.6 Å².